The Balaban J connectivity index is 2.14. The second-order valence-electron chi connectivity index (χ2n) is 2.41. The van der Waals surface area contributed by atoms with Crippen molar-refractivity contribution in [3.63, 3.8) is 0 Å². The Kier molecular flexibility index (Phi) is 2.66. The van der Waals surface area contributed by atoms with Gasteiger partial charge in [0.15, 0.2) is 0 Å². The Morgan fingerprint density at radius 1 is 1.54 bits per heavy atom. The van der Waals surface area contributed by atoms with E-state index >= 15 is 0 Å². The fraction of sp³-hybridized carbons (Fsp3) is 0.143. The van der Waals surface area contributed by atoms with Crippen molar-refractivity contribution in [3.8, 4) is 0 Å². The number of hydrogen-bond acceptors (Lipinski definition) is 3. The summed E-state index contributed by atoms with van der Waals surface area (Å²) in [5.74, 6) is 0. The topological polar surface area (TPSA) is 30.7 Å². The van der Waals surface area contributed by atoms with Crippen LogP contribution in [0.2, 0.25) is 5.02 Å². The smallest absolute Gasteiger partial charge is 0.115 e. The molecule has 0 aromatic carbocycles. The summed E-state index contributed by atoms with van der Waals surface area (Å²) < 4.78 is 2.79. The maximum absolute atomic E-state index is 5.72. The van der Waals surface area contributed by atoms with Crippen LogP contribution < -0.4 is 0 Å². The van der Waals surface area contributed by atoms with E-state index in [1.54, 1.807) is 34.6 Å². The van der Waals surface area contributed by atoms with Gasteiger partial charge in [0.2, 0.25) is 0 Å². The lowest BCUT2D eigenvalue weighted by Crippen LogP contribution is -1.98. The number of rotatable bonds is 2. The summed E-state index contributed by atoms with van der Waals surface area (Å²) in [6.07, 6.45) is 5.17. The van der Waals surface area contributed by atoms with Crippen molar-refractivity contribution in [2.75, 3.05) is 0 Å². The zero-order valence-corrected chi connectivity index (χ0v) is 9.60. The molecule has 0 aliphatic heterocycles. The maximum Gasteiger partial charge on any atom is 0.115 e. The molecule has 13 heavy (non-hydrogen) atoms. The number of halogens is 2. The van der Waals surface area contributed by atoms with Crippen molar-refractivity contribution in [2.45, 2.75) is 6.54 Å². The van der Waals surface area contributed by atoms with Crippen molar-refractivity contribution >= 4 is 38.9 Å². The van der Waals surface area contributed by atoms with E-state index in [1.807, 2.05) is 0 Å². The summed E-state index contributed by atoms with van der Waals surface area (Å²) >= 11 is 10.7. The van der Waals surface area contributed by atoms with Gasteiger partial charge in [-0.2, -0.15) is 5.10 Å². The van der Waals surface area contributed by atoms with E-state index < -0.39 is 0 Å². The summed E-state index contributed by atoms with van der Waals surface area (Å²) in [4.78, 5) is 4.19. The normalized spacial score (nSPS) is 10.6. The van der Waals surface area contributed by atoms with Crippen LogP contribution in [-0.4, -0.2) is 14.8 Å². The maximum atomic E-state index is 5.72. The minimum absolute atomic E-state index is 0.649. The largest absolute Gasteiger partial charge is 0.264 e. The first-order valence-electron chi connectivity index (χ1n) is 3.52. The SMILES string of the molecule is Clc1cnn(Cc2ncc(Br)s2)c1. The molecule has 2 aromatic heterocycles. The Hall–Kier alpha value is -0.390. The van der Waals surface area contributed by atoms with Crippen molar-refractivity contribution in [3.05, 3.63) is 32.4 Å². The highest BCUT2D eigenvalue weighted by molar-refractivity contribution is 9.11. The average Bonchev–Trinajstić information content (AvgIpc) is 2.62. The van der Waals surface area contributed by atoms with Crippen molar-refractivity contribution in [1.82, 2.24) is 14.8 Å². The third kappa shape index (κ3) is 2.30. The second-order valence-corrected chi connectivity index (χ2v) is 5.35. The zero-order chi connectivity index (χ0) is 9.26. The molecular weight excluding hydrogens is 274 g/mol. The first kappa shape index (κ1) is 9.18. The first-order chi connectivity index (χ1) is 6.24. The molecular formula is C7H5BrClN3S. The summed E-state index contributed by atoms with van der Waals surface area (Å²) in [6, 6.07) is 0. The van der Waals surface area contributed by atoms with Crippen LogP contribution in [0.15, 0.2) is 22.4 Å². The second kappa shape index (κ2) is 3.77. The van der Waals surface area contributed by atoms with Crippen LogP contribution in [0.1, 0.15) is 5.01 Å². The Labute approximate surface area is 92.5 Å². The summed E-state index contributed by atoms with van der Waals surface area (Å²) in [5.41, 5.74) is 0. The average molecular weight is 279 g/mol. The highest BCUT2D eigenvalue weighted by atomic mass is 79.9. The molecule has 0 fully saturated rings. The summed E-state index contributed by atoms with van der Waals surface area (Å²) in [6.45, 7) is 0.670. The van der Waals surface area contributed by atoms with Crippen LogP contribution >= 0.6 is 38.9 Å². The van der Waals surface area contributed by atoms with Gasteiger partial charge >= 0.3 is 0 Å². The molecule has 3 nitrogen and oxygen atoms in total. The van der Waals surface area contributed by atoms with Gasteiger partial charge in [0.25, 0.3) is 0 Å². The van der Waals surface area contributed by atoms with E-state index in [4.69, 9.17) is 11.6 Å². The Morgan fingerprint density at radius 3 is 2.92 bits per heavy atom. The van der Waals surface area contributed by atoms with Gasteiger partial charge in [-0.05, 0) is 15.9 Å². The van der Waals surface area contributed by atoms with Gasteiger partial charge in [-0.15, -0.1) is 11.3 Å². The standard InChI is InChI=1S/C7H5BrClN3S/c8-6-2-10-7(13-6)4-12-3-5(9)1-11-12/h1-3H,4H2. The number of aromatic nitrogens is 3. The van der Waals surface area contributed by atoms with Crippen molar-refractivity contribution in [2.24, 2.45) is 0 Å². The van der Waals surface area contributed by atoms with Gasteiger partial charge in [-0.25, -0.2) is 4.98 Å². The van der Waals surface area contributed by atoms with Gasteiger partial charge in [0, 0.05) is 6.20 Å². The van der Waals surface area contributed by atoms with Gasteiger partial charge in [0.1, 0.15) is 5.01 Å². The van der Waals surface area contributed by atoms with Gasteiger partial charge < -0.3 is 0 Å². The highest BCUT2D eigenvalue weighted by Gasteiger charge is 2.01. The molecule has 0 bridgehead atoms. The van der Waals surface area contributed by atoms with Gasteiger partial charge in [0.05, 0.1) is 27.7 Å². The molecule has 2 aromatic rings. The van der Waals surface area contributed by atoms with Crippen LogP contribution in [0.5, 0.6) is 0 Å². The lowest BCUT2D eigenvalue weighted by molar-refractivity contribution is 0.683. The third-order valence-corrected chi connectivity index (χ3v) is 3.08. The molecule has 0 N–H and O–H groups in total. The lowest BCUT2D eigenvalue weighted by Gasteiger charge is -1.94. The fourth-order valence-electron chi connectivity index (χ4n) is 0.924. The molecule has 0 saturated heterocycles. The van der Waals surface area contributed by atoms with Crippen LogP contribution in [-0.2, 0) is 6.54 Å². The van der Waals surface area contributed by atoms with Crippen LogP contribution in [0.4, 0.5) is 0 Å². The fourth-order valence-corrected chi connectivity index (χ4v) is 2.38. The summed E-state index contributed by atoms with van der Waals surface area (Å²) in [7, 11) is 0. The molecule has 0 unspecified atom stereocenters. The highest BCUT2D eigenvalue weighted by Crippen LogP contribution is 2.19. The quantitative estimate of drug-likeness (QED) is 0.846. The van der Waals surface area contributed by atoms with E-state index in [2.05, 4.69) is 26.0 Å². The molecule has 2 rings (SSSR count). The van der Waals surface area contributed by atoms with E-state index in [-0.39, 0.29) is 0 Å². The zero-order valence-electron chi connectivity index (χ0n) is 6.44. The van der Waals surface area contributed by atoms with Crippen molar-refractivity contribution < 1.29 is 0 Å². The minimum Gasteiger partial charge on any atom is -0.264 e. The van der Waals surface area contributed by atoms with E-state index in [0.29, 0.717) is 11.6 Å². The molecule has 0 atom stereocenters. The molecule has 0 radical (unpaired) electrons. The van der Waals surface area contributed by atoms with E-state index in [1.165, 1.54) is 0 Å². The number of hydrogen-bond donors (Lipinski definition) is 0. The molecule has 0 amide bonds. The lowest BCUT2D eigenvalue weighted by atomic mass is 10.6. The monoisotopic (exact) mass is 277 g/mol. The third-order valence-electron chi connectivity index (χ3n) is 1.42. The van der Waals surface area contributed by atoms with E-state index in [9.17, 15) is 0 Å². The Morgan fingerprint density at radius 2 is 2.38 bits per heavy atom. The van der Waals surface area contributed by atoms with Crippen molar-refractivity contribution in [1.29, 1.82) is 0 Å². The molecule has 0 saturated carbocycles. The molecule has 0 spiro atoms. The van der Waals surface area contributed by atoms with Gasteiger partial charge in [-0.3, -0.25) is 4.68 Å². The molecule has 0 aliphatic rings. The number of nitrogens with zero attached hydrogens (tertiary/aromatic N) is 3. The predicted octanol–water partition coefficient (Wildman–Crippen LogP) is 2.80. The molecule has 0 aliphatic carbocycles. The minimum atomic E-state index is 0.649. The van der Waals surface area contributed by atoms with Gasteiger partial charge in [-0.1, -0.05) is 11.6 Å². The first-order valence-corrected chi connectivity index (χ1v) is 5.51. The molecule has 68 valence electrons. The van der Waals surface area contributed by atoms with E-state index in [0.717, 1.165) is 8.79 Å². The summed E-state index contributed by atoms with van der Waals surface area (Å²) in [5, 5.41) is 5.71. The molecule has 6 heteroatoms. The van der Waals surface area contributed by atoms with Crippen LogP contribution in [0.3, 0.4) is 0 Å². The Bertz CT molecular complexity index is 373. The van der Waals surface area contributed by atoms with Crippen LogP contribution in [0.25, 0.3) is 0 Å². The molecule has 2 heterocycles. The predicted molar refractivity (Wildman–Crippen MR) is 56.2 cm³/mol. The number of thiazole rings is 1. The van der Waals surface area contributed by atoms with Crippen LogP contribution in [0, 0.1) is 0 Å².